The van der Waals surface area contributed by atoms with Gasteiger partial charge in [0.25, 0.3) is 17.7 Å². The summed E-state index contributed by atoms with van der Waals surface area (Å²) in [6, 6.07) is 16.6. The number of likely N-dealkylation sites (N-methyl/N-ethyl adjacent to an activating group) is 1. The van der Waals surface area contributed by atoms with Crippen molar-refractivity contribution >= 4 is 29.4 Å². The van der Waals surface area contributed by atoms with E-state index in [1.807, 2.05) is 31.2 Å². The Balaban J connectivity index is 1.42. The lowest BCUT2D eigenvalue weighted by Gasteiger charge is -2.18. The summed E-state index contributed by atoms with van der Waals surface area (Å²) in [5.41, 5.74) is 2.45. The second kappa shape index (κ2) is 9.27. The van der Waals surface area contributed by atoms with Crippen LogP contribution < -0.4 is 4.90 Å². The molecule has 8 heteroatoms. The summed E-state index contributed by atoms with van der Waals surface area (Å²) >= 11 is 0. The zero-order chi connectivity index (χ0) is 24.4. The molecular formula is C26H21FN2O5. The van der Waals surface area contributed by atoms with Crippen LogP contribution in [0.1, 0.15) is 42.2 Å². The van der Waals surface area contributed by atoms with Crippen molar-refractivity contribution in [2.75, 3.05) is 18.6 Å². The molecule has 0 fully saturated rings. The maximum atomic E-state index is 13.2. The summed E-state index contributed by atoms with van der Waals surface area (Å²) in [6.07, 6.45) is 0. The lowest BCUT2D eigenvalue weighted by Crippen LogP contribution is -2.31. The maximum Gasteiger partial charge on any atom is 0.338 e. The number of rotatable bonds is 6. The van der Waals surface area contributed by atoms with Gasteiger partial charge in [-0.05, 0) is 60.5 Å². The van der Waals surface area contributed by atoms with Gasteiger partial charge in [0.05, 0.1) is 22.4 Å². The number of hydrogen-bond acceptors (Lipinski definition) is 5. The predicted molar refractivity (Wildman–Crippen MR) is 122 cm³/mol. The Morgan fingerprint density at radius 1 is 0.941 bits per heavy atom. The molecule has 0 N–H and O–H groups in total. The fourth-order valence-corrected chi connectivity index (χ4v) is 3.64. The standard InChI is InChI=1S/C26H21FN2O5/c1-16-5-3-4-6-18(16)14-28(2)23(30)15-34-26(33)17-7-12-21-22(13-17)25(32)29(24(21)31)20-10-8-19(27)9-11-20/h3-13H,14-15H2,1-2H3. The zero-order valence-corrected chi connectivity index (χ0v) is 18.6. The molecule has 34 heavy (non-hydrogen) atoms. The van der Waals surface area contributed by atoms with Gasteiger partial charge in [0, 0.05) is 13.6 Å². The highest BCUT2D eigenvalue weighted by atomic mass is 19.1. The monoisotopic (exact) mass is 460 g/mol. The summed E-state index contributed by atoms with van der Waals surface area (Å²) in [5, 5.41) is 0. The third kappa shape index (κ3) is 4.43. The molecule has 3 amide bonds. The molecule has 7 nitrogen and oxygen atoms in total. The van der Waals surface area contributed by atoms with Crippen LogP contribution in [0.15, 0.2) is 66.7 Å². The first-order valence-electron chi connectivity index (χ1n) is 10.5. The van der Waals surface area contributed by atoms with Crippen molar-refractivity contribution in [2.24, 2.45) is 0 Å². The van der Waals surface area contributed by atoms with Crippen LogP contribution in [0, 0.1) is 12.7 Å². The SMILES string of the molecule is Cc1ccccc1CN(C)C(=O)COC(=O)c1ccc2c(c1)C(=O)N(c1ccc(F)cc1)C2=O. The largest absolute Gasteiger partial charge is 0.452 e. The van der Waals surface area contributed by atoms with Crippen LogP contribution in [0.3, 0.4) is 0 Å². The molecule has 1 aliphatic heterocycles. The fraction of sp³-hybridized carbons (Fsp3) is 0.154. The molecule has 3 aromatic carbocycles. The van der Waals surface area contributed by atoms with Crippen molar-refractivity contribution in [3.63, 3.8) is 0 Å². The summed E-state index contributed by atoms with van der Waals surface area (Å²) < 4.78 is 18.4. The third-order valence-corrected chi connectivity index (χ3v) is 5.63. The second-order valence-electron chi connectivity index (χ2n) is 7.93. The fourth-order valence-electron chi connectivity index (χ4n) is 3.64. The molecule has 0 unspecified atom stereocenters. The minimum absolute atomic E-state index is 0.0340. The molecule has 0 atom stereocenters. The molecule has 0 aromatic heterocycles. The van der Waals surface area contributed by atoms with E-state index in [-0.39, 0.29) is 28.3 Å². The lowest BCUT2D eigenvalue weighted by atomic mass is 10.1. The lowest BCUT2D eigenvalue weighted by molar-refractivity contribution is -0.133. The molecule has 3 aromatic rings. The molecule has 0 radical (unpaired) electrons. The Morgan fingerprint density at radius 3 is 2.32 bits per heavy atom. The Labute approximate surface area is 195 Å². The number of amides is 3. The van der Waals surface area contributed by atoms with E-state index in [1.165, 1.54) is 35.2 Å². The van der Waals surface area contributed by atoms with E-state index >= 15 is 0 Å². The number of aryl methyl sites for hydroxylation is 1. The molecule has 1 heterocycles. The van der Waals surface area contributed by atoms with Gasteiger partial charge in [0.1, 0.15) is 5.82 Å². The van der Waals surface area contributed by atoms with Gasteiger partial charge in [-0.1, -0.05) is 24.3 Å². The normalized spacial score (nSPS) is 12.5. The summed E-state index contributed by atoms with van der Waals surface area (Å²) in [7, 11) is 1.62. The minimum Gasteiger partial charge on any atom is -0.452 e. The van der Waals surface area contributed by atoms with E-state index in [0.29, 0.717) is 6.54 Å². The number of hydrogen-bond donors (Lipinski definition) is 0. The summed E-state index contributed by atoms with van der Waals surface area (Å²) in [5.74, 6) is -2.87. The Hall–Kier alpha value is -4.33. The highest BCUT2D eigenvalue weighted by Crippen LogP contribution is 2.29. The average molecular weight is 460 g/mol. The molecule has 172 valence electrons. The molecule has 1 aliphatic rings. The predicted octanol–water partition coefficient (Wildman–Crippen LogP) is 3.75. The van der Waals surface area contributed by atoms with Crippen molar-refractivity contribution in [3.05, 3.63) is 100 Å². The minimum atomic E-state index is -0.791. The molecule has 0 saturated carbocycles. The quantitative estimate of drug-likeness (QED) is 0.413. The van der Waals surface area contributed by atoms with E-state index in [4.69, 9.17) is 4.74 Å². The zero-order valence-electron chi connectivity index (χ0n) is 18.6. The number of ether oxygens (including phenoxy) is 1. The third-order valence-electron chi connectivity index (χ3n) is 5.63. The molecule has 4 rings (SSSR count). The van der Waals surface area contributed by atoms with Gasteiger partial charge >= 0.3 is 5.97 Å². The Bertz CT molecular complexity index is 1300. The molecule has 0 aliphatic carbocycles. The van der Waals surface area contributed by atoms with Crippen LogP contribution >= 0.6 is 0 Å². The number of esters is 1. The first-order valence-corrected chi connectivity index (χ1v) is 10.5. The molecular weight excluding hydrogens is 439 g/mol. The van der Waals surface area contributed by atoms with E-state index in [0.717, 1.165) is 28.2 Å². The number of anilines is 1. The van der Waals surface area contributed by atoms with Crippen molar-refractivity contribution in [2.45, 2.75) is 13.5 Å². The van der Waals surface area contributed by atoms with Crippen LogP contribution in [-0.4, -0.2) is 42.2 Å². The smallest absolute Gasteiger partial charge is 0.338 e. The Morgan fingerprint density at radius 2 is 1.62 bits per heavy atom. The first kappa shape index (κ1) is 22.8. The van der Waals surface area contributed by atoms with Gasteiger partial charge in [-0.15, -0.1) is 0 Å². The number of nitrogens with zero attached hydrogens (tertiary/aromatic N) is 2. The average Bonchev–Trinajstić information content (AvgIpc) is 3.08. The number of fused-ring (bicyclic) bond motifs is 1. The Kier molecular flexibility index (Phi) is 6.23. The van der Waals surface area contributed by atoms with E-state index < -0.39 is 30.2 Å². The number of carbonyl (C=O) groups is 4. The molecule has 0 spiro atoms. The highest BCUT2D eigenvalue weighted by molar-refractivity contribution is 6.34. The van der Waals surface area contributed by atoms with Gasteiger partial charge in [-0.25, -0.2) is 14.1 Å². The van der Waals surface area contributed by atoms with E-state index in [1.54, 1.807) is 7.05 Å². The van der Waals surface area contributed by atoms with Crippen molar-refractivity contribution in [3.8, 4) is 0 Å². The number of imide groups is 1. The number of halogens is 1. The first-order chi connectivity index (χ1) is 16.3. The summed E-state index contributed by atoms with van der Waals surface area (Å²) in [6.45, 7) is 1.86. The van der Waals surface area contributed by atoms with Gasteiger partial charge in [0.15, 0.2) is 6.61 Å². The van der Waals surface area contributed by atoms with Crippen LogP contribution in [0.4, 0.5) is 10.1 Å². The molecule has 0 saturated heterocycles. The van der Waals surface area contributed by atoms with Gasteiger partial charge in [0.2, 0.25) is 0 Å². The van der Waals surface area contributed by atoms with Gasteiger partial charge in [-0.2, -0.15) is 0 Å². The van der Waals surface area contributed by atoms with Gasteiger partial charge < -0.3 is 9.64 Å². The van der Waals surface area contributed by atoms with Crippen LogP contribution in [0.5, 0.6) is 0 Å². The van der Waals surface area contributed by atoms with Crippen LogP contribution in [0.25, 0.3) is 0 Å². The second-order valence-corrected chi connectivity index (χ2v) is 7.93. The molecule has 0 bridgehead atoms. The van der Waals surface area contributed by atoms with Crippen LogP contribution in [0.2, 0.25) is 0 Å². The topological polar surface area (TPSA) is 84.0 Å². The maximum absolute atomic E-state index is 13.2. The van der Waals surface area contributed by atoms with Crippen LogP contribution in [-0.2, 0) is 16.1 Å². The van der Waals surface area contributed by atoms with Crippen molar-refractivity contribution < 1.29 is 28.3 Å². The number of benzene rings is 3. The highest BCUT2D eigenvalue weighted by Gasteiger charge is 2.37. The summed E-state index contributed by atoms with van der Waals surface area (Å²) in [4.78, 5) is 52.8. The van der Waals surface area contributed by atoms with Crippen molar-refractivity contribution in [1.82, 2.24) is 4.90 Å². The number of carbonyl (C=O) groups excluding carboxylic acids is 4. The van der Waals surface area contributed by atoms with Crippen molar-refractivity contribution in [1.29, 1.82) is 0 Å². The van der Waals surface area contributed by atoms with E-state index in [2.05, 4.69) is 0 Å². The van der Waals surface area contributed by atoms with Gasteiger partial charge in [-0.3, -0.25) is 14.4 Å². The van der Waals surface area contributed by atoms with E-state index in [9.17, 15) is 23.6 Å².